The number of rotatable bonds is 6. The number of carbonyl (C=O) groups excluding carboxylic acids is 1. The van der Waals surface area contributed by atoms with Gasteiger partial charge in [0.1, 0.15) is 11.6 Å². The summed E-state index contributed by atoms with van der Waals surface area (Å²) in [5, 5.41) is 8.62. The SMILES string of the molecule is CN=C(NCCNC(=O)C(C)C)NCc1cc(F)ccc1F. The summed E-state index contributed by atoms with van der Waals surface area (Å²) in [6.07, 6.45) is 0. The molecule has 1 amide bonds. The topological polar surface area (TPSA) is 65.5 Å². The van der Waals surface area contributed by atoms with Crippen molar-refractivity contribution in [1.82, 2.24) is 16.0 Å². The molecular weight excluding hydrogens is 290 g/mol. The van der Waals surface area contributed by atoms with E-state index in [0.29, 0.717) is 19.0 Å². The maximum absolute atomic E-state index is 13.5. The molecule has 0 fully saturated rings. The highest BCUT2D eigenvalue weighted by Gasteiger charge is 2.06. The van der Waals surface area contributed by atoms with Crippen LogP contribution in [0.5, 0.6) is 0 Å². The number of carbonyl (C=O) groups is 1. The number of aliphatic imine (C=N–C) groups is 1. The maximum atomic E-state index is 13.5. The van der Waals surface area contributed by atoms with Crippen LogP contribution in [0.15, 0.2) is 23.2 Å². The molecule has 0 unspecified atom stereocenters. The summed E-state index contributed by atoms with van der Waals surface area (Å²) < 4.78 is 26.5. The minimum Gasteiger partial charge on any atom is -0.355 e. The first-order chi connectivity index (χ1) is 10.4. The van der Waals surface area contributed by atoms with E-state index in [4.69, 9.17) is 0 Å². The van der Waals surface area contributed by atoms with Gasteiger partial charge in [0.15, 0.2) is 5.96 Å². The van der Waals surface area contributed by atoms with Crippen molar-refractivity contribution in [2.45, 2.75) is 20.4 Å². The molecule has 0 aliphatic rings. The van der Waals surface area contributed by atoms with Crippen molar-refractivity contribution in [2.24, 2.45) is 10.9 Å². The van der Waals surface area contributed by atoms with Crippen molar-refractivity contribution in [2.75, 3.05) is 20.1 Å². The Hall–Kier alpha value is -2.18. The maximum Gasteiger partial charge on any atom is 0.222 e. The standard InChI is InChI=1S/C15H22F2N4O/c1-10(2)14(22)19-6-7-20-15(18-3)21-9-11-8-12(16)4-5-13(11)17/h4-5,8,10H,6-7,9H2,1-3H3,(H,19,22)(H2,18,20,21). The molecule has 122 valence electrons. The lowest BCUT2D eigenvalue weighted by Crippen LogP contribution is -2.41. The van der Waals surface area contributed by atoms with Crippen molar-refractivity contribution >= 4 is 11.9 Å². The first-order valence-electron chi connectivity index (χ1n) is 7.10. The number of guanidine groups is 1. The minimum atomic E-state index is -0.488. The number of nitrogens with zero attached hydrogens (tertiary/aromatic N) is 1. The van der Waals surface area contributed by atoms with Gasteiger partial charge >= 0.3 is 0 Å². The van der Waals surface area contributed by atoms with Crippen LogP contribution in [0.3, 0.4) is 0 Å². The fraction of sp³-hybridized carbons (Fsp3) is 0.467. The first kappa shape index (κ1) is 17.9. The molecule has 0 heterocycles. The lowest BCUT2D eigenvalue weighted by Gasteiger charge is -2.13. The van der Waals surface area contributed by atoms with E-state index in [0.717, 1.165) is 18.2 Å². The highest BCUT2D eigenvalue weighted by molar-refractivity contribution is 5.80. The van der Waals surface area contributed by atoms with Gasteiger partial charge in [-0.15, -0.1) is 0 Å². The second-order valence-corrected chi connectivity index (χ2v) is 5.03. The summed E-state index contributed by atoms with van der Waals surface area (Å²) in [6.45, 7) is 4.67. The number of hydrogen-bond donors (Lipinski definition) is 3. The van der Waals surface area contributed by atoms with Crippen molar-refractivity contribution in [1.29, 1.82) is 0 Å². The van der Waals surface area contributed by atoms with E-state index < -0.39 is 11.6 Å². The molecule has 1 aromatic carbocycles. The Balaban J connectivity index is 2.37. The number of benzene rings is 1. The van der Waals surface area contributed by atoms with E-state index in [1.807, 2.05) is 13.8 Å². The average Bonchev–Trinajstić information content (AvgIpc) is 2.49. The molecule has 0 aromatic heterocycles. The number of halogens is 2. The highest BCUT2D eigenvalue weighted by atomic mass is 19.1. The van der Waals surface area contributed by atoms with Crippen molar-refractivity contribution in [3.63, 3.8) is 0 Å². The normalized spacial score (nSPS) is 11.5. The van der Waals surface area contributed by atoms with Gasteiger partial charge in [-0.3, -0.25) is 9.79 Å². The zero-order valence-electron chi connectivity index (χ0n) is 13.0. The van der Waals surface area contributed by atoms with Crippen LogP contribution in [-0.2, 0) is 11.3 Å². The Bertz CT molecular complexity index is 532. The third-order valence-electron chi connectivity index (χ3n) is 2.92. The Labute approximate surface area is 129 Å². The largest absolute Gasteiger partial charge is 0.355 e. The van der Waals surface area contributed by atoms with Gasteiger partial charge in [0, 0.05) is 38.2 Å². The van der Waals surface area contributed by atoms with Gasteiger partial charge in [0.2, 0.25) is 5.91 Å². The van der Waals surface area contributed by atoms with Crippen molar-refractivity contribution < 1.29 is 13.6 Å². The third kappa shape index (κ3) is 6.07. The molecule has 1 aromatic rings. The Morgan fingerprint density at radius 1 is 1.18 bits per heavy atom. The molecule has 5 nitrogen and oxygen atoms in total. The van der Waals surface area contributed by atoms with Crippen LogP contribution in [0.1, 0.15) is 19.4 Å². The molecule has 0 atom stereocenters. The smallest absolute Gasteiger partial charge is 0.222 e. The van der Waals surface area contributed by atoms with E-state index >= 15 is 0 Å². The summed E-state index contributed by atoms with van der Waals surface area (Å²) >= 11 is 0. The summed E-state index contributed by atoms with van der Waals surface area (Å²) in [7, 11) is 1.57. The lowest BCUT2D eigenvalue weighted by atomic mass is 10.2. The molecule has 0 bridgehead atoms. The van der Waals surface area contributed by atoms with Crippen molar-refractivity contribution in [3.05, 3.63) is 35.4 Å². The van der Waals surface area contributed by atoms with Crippen LogP contribution in [0.25, 0.3) is 0 Å². The number of nitrogens with one attached hydrogen (secondary N) is 3. The fourth-order valence-electron chi connectivity index (χ4n) is 1.65. The van der Waals surface area contributed by atoms with E-state index in [1.165, 1.54) is 0 Å². The average molecular weight is 312 g/mol. The molecule has 0 saturated heterocycles. The molecule has 0 saturated carbocycles. The monoisotopic (exact) mass is 312 g/mol. The van der Waals surface area contributed by atoms with Crippen molar-refractivity contribution in [3.8, 4) is 0 Å². The fourth-order valence-corrected chi connectivity index (χ4v) is 1.65. The predicted molar refractivity (Wildman–Crippen MR) is 82.4 cm³/mol. The highest BCUT2D eigenvalue weighted by Crippen LogP contribution is 2.08. The molecule has 0 spiro atoms. The summed E-state index contributed by atoms with van der Waals surface area (Å²) in [5.74, 6) is -0.603. The van der Waals surface area contributed by atoms with Crippen LogP contribution in [0, 0.1) is 17.6 Å². The second-order valence-electron chi connectivity index (χ2n) is 5.03. The van der Waals surface area contributed by atoms with E-state index in [9.17, 15) is 13.6 Å². The van der Waals surface area contributed by atoms with Gasteiger partial charge in [-0.2, -0.15) is 0 Å². The third-order valence-corrected chi connectivity index (χ3v) is 2.92. The number of amides is 1. The molecule has 0 aliphatic carbocycles. The van der Waals surface area contributed by atoms with Crippen LogP contribution < -0.4 is 16.0 Å². The van der Waals surface area contributed by atoms with Gasteiger partial charge in [0.25, 0.3) is 0 Å². The minimum absolute atomic E-state index is 0.0217. The van der Waals surface area contributed by atoms with E-state index in [-0.39, 0.29) is 23.9 Å². The second kappa shape index (κ2) is 8.96. The molecule has 0 radical (unpaired) electrons. The van der Waals surface area contributed by atoms with Crippen LogP contribution in [0.2, 0.25) is 0 Å². The molecule has 3 N–H and O–H groups in total. The zero-order valence-corrected chi connectivity index (χ0v) is 13.0. The van der Waals surface area contributed by atoms with Crippen LogP contribution in [-0.4, -0.2) is 32.0 Å². The van der Waals surface area contributed by atoms with E-state index in [1.54, 1.807) is 7.05 Å². The van der Waals surface area contributed by atoms with Crippen LogP contribution >= 0.6 is 0 Å². The molecule has 0 aliphatic heterocycles. The Morgan fingerprint density at radius 2 is 1.86 bits per heavy atom. The summed E-state index contributed by atoms with van der Waals surface area (Å²) in [6, 6.07) is 3.30. The Morgan fingerprint density at radius 3 is 2.50 bits per heavy atom. The van der Waals surface area contributed by atoms with Gasteiger partial charge < -0.3 is 16.0 Å². The molecular formula is C15H22F2N4O. The molecule has 1 rings (SSSR count). The number of hydrogen-bond acceptors (Lipinski definition) is 2. The van der Waals surface area contributed by atoms with Crippen LogP contribution in [0.4, 0.5) is 8.78 Å². The van der Waals surface area contributed by atoms with E-state index in [2.05, 4.69) is 20.9 Å². The summed E-state index contributed by atoms with van der Waals surface area (Å²) in [4.78, 5) is 15.3. The lowest BCUT2D eigenvalue weighted by molar-refractivity contribution is -0.123. The Kier molecular flexibility index (Phi) is 7.28. The van der Waals surface area contributed by atoms with Gasteiger partial charge in [-0.05, 0) is 18.2 Å². The quantitative estimate of drug-likeness (QED) is 0.423. The molecule has 7 heteroatoms. The summed E-state index contributed by atoms with van der Waals surface area (Å²) in [5.41, 5.74) is 0.219. The molecule has 22 heavy (non-hydrogen) atoms. The predicted octanol–water partition coefficient (Wildman–Crippen LogP) is 1.40. The first-order valence-corrected chi connectivity index (χ1v) is 7.10. The van der Waals surface area contributed by atoms with Gasteiger partial charge in [-0.25, -0.2) is 8.78 Å². The van der Waals surface area contributed by atoms with Gasteiger partial charge in [0.05, 0.1) is 0 Å². The zero-order chi connectivity index (χ0) is 16.5. The van der Waals surface area contributed by atoms with Gasteiger partial charge in [-0.1, -0.05) is 13.8 Å².